The average molecular weight is 305 g/mol. The Labute approximate surface area is 111 Å². The molecule has 8 heteroatoms. The fourth-order valence-corrected chi connectivity index (χ4v) is 2.60. The van der Waals surface area contributed by atoms with Crippen molar-refractivity contribution in [1.29, 1.82) is 0 Å². The zero-order valence-electron chi connectivity index (χ0n) is 9.70. The van der Waals surface area contributed by atoms with Gasteiger partial charge < -0.3 is 0 Å². The third kappa shape index (κ3) is 2.60. The molecule has 0 saturated carbocycles. The monoisotopic (exact) mass is 305 g/mol. The summed E-state index contributed by atoms with van der Waals surface area (Å²) in [6.45, 7) is 0. The maximum Gasteiger partial charge on any atom is 0.265 e. The summed E-state index contributed by atoms with van der Waals surface area (Å²) in [4.78, 5) is -1.11. The highest BCUT2D eigenvalue weighted by molar-refractivity contribution is 7.92. The molecule has 0 saturated heterocycles. The molecule has 0 heterocycles. The Morgan fingerprint density at radius 3 is 2.10 bits per heavy atom. The molecule has 0 aromatic heterocycles. The van der Waals surface area contributed by atoms with Gasteiger partial charge >= 0.3 is 0 Å². The molecule has 0 amide bonds. The van der Waals surface area contributed by atoms with Crippen molar-refractivity contribution in [3.63, 3.8) is 0 Å². The number of halogens is 4. The molecule has 2 rings (SSSR count). The quantitative estimate of drug-likeness (QED) is 0.700. The highest BCUT2D eigenvalue weighted by atomic mass is 32.2. The van der Waals surface area contributed by atoms with E-state index in [1.165, 1.54) is 12.1 Å². The molecule has 0 unspecified atom stereocenters. The van der Waals surface area contributed by atoms with Crippen LogP contribution >= 0.6 is 0 Å². The van der Waals surface area contributed by atoms with Crippen LogP contribution in [0.4, 0.5) is 23.2 Å². The molecule has 0 aliphatic heterocycles. The first-order valence-electron chi connectivity index (χ1n) is 5.24. The van der Waals surface area contributed by atoms with Crippen molar-refractivity contribution in [3.05, 3.63) is 59.7 Å². The number of benzene rings is 2. The first kappa shape index (κ1) is 14.3. The number of rotatable bonds is 3. The summed E-state index contributed by atoms with van der Waals surface area (Å²) in [5.41, 5.74) is -0.434. The lowest BCUT2D eigenvalue weighted by atomic mass is 10.3. The van der Waals surface area contributed by atoms with Gasteiger partial charge in [0.15, 0.2) is 17.5 Å². The third-order valence-corrected chi connectivity index (χ3v) is 3.79. The Balaban J connectivity index is 2.47. The van der Waals surface area contributed by atoms with Gasteiger partial charge in [0, 0.05) is 0 Å². The van der Waals surface area contributed by atoms with Crippen molar-refractivity contribution in [2.75, 3.05) is 4.72 Å². The Morgan fingerprint density at radius 1 is 0.800 bits per heavy atom. The fraction of sp³-hybridized carbons (Fsp3) is 0. The van der Waals surface area contributed by atoms with Crippen molar-refractivity contribution < 1.29 is 26.0 Å². The Kier molecular flexibility index (Phi) is 3.67. The van der Waals surface area contributed by atoms with E-state index in [-0.39, 0.29) is 0 Å². The van der Waals surface area contributed by atoms with Gasteiger partial charge in [-0.1, -0.05) is 12.1 Å². The maximum atomic E-state index is 13.4. The maximum absolute atomic E-state index is 13.4. The Hall–Kier alpha value is -2.09. The van der Waals surface area contributed by atoms with E-state index in [9.17, 15) is 26.0 Å². The van der Waals surface area contributed by atoms with Crippen LogP contribution in [0.15, 0.2) is 41.3 Å². The molecule has 1 N–H and O–H groups in total. The van der Waals surface area contributed by atoms with Gasteiger partial charge in [-0.25, -0.2) is 26.0 Å². The zero-order valence-corrected chi connectivity index (χ0v) is 10.5. The zero-order chi connectivity index (χ0) is 14.9. The van der Waals surface area contributed by atoms with E-state index in [4.69, 9.17) is 0 Å². The van der Waals surface area contributed by atoms with Gasteiger partial charge in [0.25, 0.3) is 10.0 Å². The van der Waals surface area contributed by atoms with Crippen LogP contribution in [-0.2, 0) is 10.0 Å². The molecule has 0 atom stereocenters. The van der Waals surface area contributed by atoms with E-state index in [0.717, 1.165) is 12.1 Å². The van der Waals surface area contributed by atoms with Crippen LogP contribution in [0.1, 0.15) is 0 Å². The molecule has 2 aromatic carbocycles. The number of sulfonamides is 1. The molecule has 106 valence electrons. The number of hydrogen-bond donors (Lipinski definition) is 1. The second kappa shape index (κ2) is 5.12. The van der Waals surface area contributed by atoms with Gasteiger partial charge in [0.1, 0.15) is 10.7 Å². The standard InChI is InChI=1S/C12H7F4NO2S/c13-7-3-1-2-4-9(7)17-20(18,19)10-6-5-8(14)11(15)12(10)16/h1-6,17H. The minimum atomic E-state index is -4.58. The van der Waals surface area contributed by atoms with E-state index in [1.54, 1.807) is 4.72 Å². The summed E-state index contributed by atoms with van der Waals surface area (Å²) in [6, 6.07) is 5.78. The second-order valence-electron chi connectivity index (χ2n) is 3.76. The molecule has 0 fully saturated rings. The van der Waals surface area contributed by atoms with Crippen LogP contribution in [0.5, 0.6) is 0 Å². The van der Waals surface area contributed by atoms with Crippen LogP contribution in [0.2, 0.25) is 0 Å². The van der Waals surface area contributed by atoms with Crippen LogP contribution in [-0.4, -0.2) is 8.42 Å². The third-order valence-electron chi connectivity index (χ3n) is 2.41. The normalized spacial score (nSPS) is 11.4. The number of nitrogens with one attached hydrogen (secondary N) is 1. The lowest BCUT2D eigenvalue weighted by Crippen LogP contribution is -2.16. The van der Waals surface area contributed by atoms with E-state index >= 15 is 0 Å². The summed E-state index contributed by atoms with van der Waals surface area (Å²) >= 11 is 0. The van der Waals surface area contributed by atoms with Crippen LogP contribution < -0.4 is 4.72 Å². The van der Waals surface area contributed by atoms with Crippen molar-refractivity contribution >= 4 is 15.7 Å². The van der Waals surface area contributed by atoms with E-state index in [0.29, 0.717) is 12.1 Å². The predicted octanol–water partition coefficient (Wildman–Crippen LogP) is 3.04. The summed E-state index contributed by atoms with van der Waals surface area (Å²) in [7, 11) is -4.58. The van der Waals surface area contributed by atoms with E-state index in [1.807, 2.05) is 0 Å². The second-order valence-corrected chi connectivity index (χ2v) is 5.41. The highest BCUT2D eigenvalue weighted by Gasteiger charge is 2.24. The Bertz CT molecular complexity index is 762. The molecular weight excluding hydrogens is 298 g/mol. The molecule has 20 heavy (non-hydrogen) atoms. The molecule has 0 aliphatic rings. The first-order valence-corrected chi connectivity index (χ1v) is 6.72. The topological polar surface area (TPSA) is 46.2 Å². The van der Waals surface area contributed by atoms with Crippen LogP contribution in [0.3, 0.4) is 0 Å². The summed E-state index contributed by atoms with van der Waals surface area (Å²) in [6.07, 6.45) is 0. The van der Waals surface area contributed by atoms with E-state index < -0.39 is 43.9 Å². The van der Waals surface area contributed by atoms with Crippen molar-refractivity contribution in [1.82, 2.24) is 0 Å². The first-order chi connectivity index (χ1) is 9.33. The molecule has 0 bridgehead atoms. The van der Waals surface area contributed by atoms with E-state index in [2.05, 4.69) is 0 Å². The average Bonchev–Trinajstić information content (AvgIpc) is 2.38. The van der Waals surface area contributed by atoms with Gasteiger partial charge in [-0.05, 0) is 24.3 Å². The summed E-state index contributed by atoms with van der Waals surface area (Å²) < 4.78 is 78.0. The molecule has 3 nitrogen and oxygen atoms in total. The predicted molar refractivity (Wildman–Crippen MR) is 63.5 cm³/mol. The summed E-state index contributed by atoms with van der Waals surface area (Å²) in [5, 5.41) is 0. The van der Waals surface area contributed by atoms with Crippen molar-refractivity contribution in [2.24, 2.45) is 0 Å². The lowest BCUT2D eigenvalue weighted by Gasteiger charge is -2.10. The minimum absolute atomic E-state index is 0.434. The Morgan fingerprint density at radius 2 is 1.45 bits per heavy atom. The highest BCUT2D eigenvalue weighted by Crippen LogP contribution is 2.23. The number of para-hydroxylation sites is 1. The van der Waals surface area contributed by atoms with Crippen LogP contribution in [0, 0.1) is 23.3 Å². The largest absolute Gasteiger partial charge is 0.277 e. The van der Waals surface area contributed by atoms with Gasteiger partial charge in [0.2, 0.25) is 0 Å². The molecular formula is C12H7F4NO2S. The van der Waals surface area contributed by atoms with Gasteiger partial charge in [-0.2, -0.15) is 0 Å². The van der Waals surface area contributed by atoms with Gasteiger partial charge in [-0.15, -0.1) is 0 Å². The fourth-order valence-electron chi connectivity index (χ4n) is 1.46. The smallest absolute Gasteiger partial charge is 0.265 e. The van der Waals surface area contributed by atoms with Gasteiger partial charge in [-0.3, -0.25) is 4.72 Å². The summed E-state index contributed by atoms with van der Waals surface area (Å²) in [5.74, 6) is -6.19. The van der Waals surface area contributed by atoms with Crippen molar-refractivity contribution in [3.8, 4) is 0 Å². The molecule has 0 spiro atoms. The number of anilines is 1. The molecule has 0 radical (unpaired) electrons. The minimum Gasteiger partial charge on any atom is -0.277 e. The molecule has 2 aromatic rings. The lowest BCUT2D eigenvalue weighted by molar-refractivity contribution is 0.432. The SMILES string of the molecule is O=S(=O)(Nc1ccccc1F)c1ccc(F)c(F)c1F. The van der Waals surface area contributed by atoms with Crippen LogP contribution in [0.25, 0.3) is 0 Å². The van der Waals surface area contributed by atoms with Crippen molar-refractivity contribution in [2.45, 2.75) is 4.90 Å². The van der Waals surface area contributed by atoms with Gasteiger partial charge in [0.05, 0.1) is 5.69 Å². The molecule has 0 aliphatic carbocycles. The number of hydrogen-bond acceptors (Lipinski definition) is 2.